The standard InChI is InChI=1S/C20H21N5O3/c26-19(11-12-21-16-8-3-4-9-17(16)25(27)28)24-13-5-10-18(24)20-22-14-6-1-2-7-15(14)23-20/h1-4,6-9,18,21H,5,10-13H2,(H,22,23). The largest absolute Gasteiger partial charge is 0.379 e. The number of hydrogen-bond donors (Lipinski definition) is 2. The van der Waals surface area contributed by atoms with Crippen LogP contribution in [-0.2, 0) is 4.79 Å². The molecule has 1 fully saturated rings. The van der Waals surface area contributed by atoms with Crippen LogP contribution >= 0.6 is 0 Å². The summed E-state index contributed by atoms with van der Waals surface area (Å²) in [6.07, 6.45) is 2.08. The van der Waals surface area contributed by atoms with Crippen molar-refractivity contribution in [2.24, 2.45) is 0 Å². The zero-order valence-electron chi connectivity index (χ0n) is 15.3. The normalized spacial score (nSPS) is 16.4. The minimum atomic E-state index is -0.428. The molecule has 2 N–H and O–H groups in total. The maximum absolute atomic E-state index is 12.8. The molecule has 0 saturated carbocycles. The molecule has 4 rings (SSSR count). The number of amides is 1. The number of nitrogens with zero attached hydrogens (tertiary/aromatic N) is 3. The van der Waals surface area contributed by atoms with E-state index < -0.39 is 4.92 Å². The summed E-state index contributed by atoms with van der Waals surface area (Å²) < 4.78 is 0. The molecule has 144 valence electrons. The Kier molecular flexibility index (Phi) is 4.92. The Labute approximate surface area is 161 Å². The molecule has 0 spiro atoms. The van der Waals surface area contributed by atoms with Gasteiger partial charge in [0.1, 0.15) is 11.5 Å². The van der Waals surface area contributed by atoms with E-state index in [1.807, 2.05) is 29.2 Å². The zero-order chi connectivity index (χ0) is 19.5. The Bertz CT molecular complexity index is 983. The second-order valence-electron chi connectivity index (χ2n) is 6.84. The van der Waals surface area contributed by atoms with E-state index in [-0.39, 0.29) is 24.1 Å². The third-order valence-electron chi connectivity index (χ3n) is 5.05. The number of anilines is 1. The number of imidazole rings is 1. The maximum Gasteiger partial charge on any atom is 0.292 e. The fraction of sp³-hybridized carbons (Fsp3) is 0.300. The van der Waals surface area contributed by atoms with Gasteiger partial charge >= 0.3 is 0 Å². The van der Waals surface area contributed by atoms with Crippen molar-refractivity contribution in [3.05, 3.63) is 64.5 Å². The molecule has 1 saturated heterocycles. The quantitative estimate of drug-likeness (QED) is 0.503. The fourth-order valence-corrected chi connectivity index (χ4v) is 3.71. The second-order valence-corrected chi connectivity index (χ2v) is 6.84. The van der Waals surface area contributed by atoms with Gasteiger partial charge in [-0.25, -0.2) is 4.98 Å². The molecule has 2 heterocycles. The lowest BCUT2D eigenvalue weighted by Gasteiger charge is -2.23. The van der Waals surface area contributed by atoms with E-state index in [4.69, 9.17) is 0 Å². The number of aromatic nitrogens is 2. The first-order chi connectivity index (χ1) is 13.6. The molecule has 0 aliphatic carbocycles. The Morgan fingerprint density at radius 3 is 2.86 bits per heavy atom. The Morgan fingerprint density at radius 1 is 1.25 bits per heavy atom. The monoisotopic (exact) mass is 379 g/mol. The number of nitro benzene ring substituents is 1. The Hall–Kier alpha value is -3.42. The number of H-pyrrole nitrogens is 1. The average Bonchev–Trinajstić information content (AvgIpc) is 3.34. The van der Waals surface area contributed by atoms with Crippen molar-refractivity contribution in [1.82, 2.24) is 14.9 Å². The van der Waals surface area contributed by atoms with Crippen molar-refractivity contribution in [2.45, 2.75) is 25.3 Å². The van der Waals surface area contributed by atoms with Crippen LogP contribution in [0.25, 0.3) is 11.0 Å². The Morgan fingerprint density at radius 2 is 2.04 bits per heavy atom. The summed E-state index contributed by atoms with van der Waals surface area (Å²) in [7, 11) is 0. The molecular formula is C20H21N5O3. The summed E-state index contributed by atoms with van der Waals surface area (Å²) in [5.74, 6) is 0.841. The van der Waals surface area contributed by atoms with Crippen LogP contribution in [0.3, 0.4) is 0 Å². The predicted molar refractivity (Wildman–Crippen MR) is 106 cm³/mol. The molecule has 8 heteroatoms. The third kappa shape index (κ3) is 3.53. The number of aromatic amines is 1. The van der Waals surface area contributed by atoms with Crippen molar-refractivity contribution in [3.63, 3.8) is 0 Å². The number of hydrogen-bond acceptors (Lipinski definition) is 5. The third-order valence-corrected chi connectivity index (χ3v) is 5.05. The Balaban J connectivity index is 1.41. The number of carbonyl (C=O) groups is 1. The highest BCUT2D eigenvalue weighted by molar-refractivity contribution is 5.78. The van der Waals surface area contributed by atoms with Crippen molar-refractivity contribution in [2.75, 3.05) is 18.4 Å². The molecule has 1 unspecified atom stereocenters. The van der Waals surface area contributed by atoms with E-state index in [0.29, 0.717) is 18.8 Å². The molecule has 2 aromatic carbocycles. The summed E-state index contributed by atoms with van der Waals surface area (Å²) in [4.78, 5) is 33.3. The maximum atomic E-state index is 12.8. The number of para-hydroxylation sites is 4. The number of nitro groups is 1. The minimum absolute atomic E-state index is 0.0104. The summed E-state index contributed by atoms with van der Waals surface area (Å²) in [6.45, 7) is 1.04. The first kappa shape index (κ1) is 18.0. The van der Waals surface area contributed by atoms with Gasteiger partial charge in [0.05, 0.1) is 22.0 Å². The smallest absolute Gasteiger partial charge is 0.292 e. The molecule has 3 aromatic rings. The highest BCUT2D eigenvalue weighted by Gasteiger charge is 2.31. The van der Waals surface area contributed by atoms with E-state index >= 15 is 0 Å². The molecule has 1 atom stereocenters. The summed E-state index contributed by atoms with van der Waals surface area (Å²) in [6, 6.07) is 14.2. The van der Waals surface area contributed by atoms with E-state index in [0.717, 1.165) is 29.7 Å². The van der Waals surface area contributed by atoms with Gasteiger partial charge in [-0.3, -0.25) is 14.9 Å². The zero-order valence-corrected chi connectivity index (χ0v) is 15.3. The summed E-state index contributed by atoms with van der Waals surface area (Å²) in [5.41, 5.74) is 2.30. The average molecular weight is 379 g/mol. The van der Waals surface area contributed by atoms with E-state index in [1.165, 1.54) is 6.07 Å². The van der Waals surface area contributed by atoms with Gasteiger partial charge in [0.2, 0.25) is 5.91 Å². The predicted octanol–water partition coefficient (Wildman–Crippen LogP) is 3.64. The highest BCUT2D eigenvalue weighted by atomic mass is 16.6. The van der Waals surface area contributed by atoms with Gasteiger partial charge in [0, 0.05) is 25.6 Å². The van der Waals surface area contributed by atoms with E-state index in [2.05, 4.69) is 15.3 Å². The number of benzene rings is 2. The summed E-state index contributed by atoms with van der Waals surface area (Å²) >= 11 is 0. The van der Waals surface area contributed by atoms with Crippen LogP contribution in [0.4, 0.5) is 11.4 Å². The van der Waals surface area contributed by atoms with Crippen LogP contribution in [0.15, 0.2) is 48.5 Å². The highest BCUT2D eigenvalue weighted by Crippen LogP contribution is 2.32. The van der Waals surface area contributed by atoms with Crippen molar-refractivity contribution in [3.8, 4) is 0 Å². The topological polar surface area (TPSA) is 104 Å². The van der Waals surface area contributed by atoms with Crippen molar-refractivity contribution >= 4 is 28.3 Å². The van der Waals surface area contributed by atoms with Crippen LogP contribution in [0.2, 0.25) is 0 Å². The van der Waals surface area contributed by atoms with Crippen LogP contribution in [0, 0.1) is 10.1 Å². The van der Waals surface area contributed by atoms with E-state index in [1.54, 1.807) is 18.2 Å². The molecule has 1 aliphatic heterocycles. The SMILES string of the molecule is O=C(CCNc1ccccc1[N+](=O)[O-])N1CCCC1c1nc2ccccc2[nH]1. The molecular weight excluding hydrogens is 358 g/mol. The first-order valence-electron chi connectivity index (χ1n) is 9.35. The van der Waals surface area contributed by atoms with Crippen molar-refractivity contribution < 1.29 is 9.72 Å². The van der Waals surface area contributed by atoms with Gasteiger partial charge in [0.15, 0.2) is 0 Å². The van der Waals surface area contributed by atoms with Gasteiger partial charge in [-0.05, 0) is 31.0 Å². The molecule has 1 aromatic heterocycles. The van der Waals surface area contributed by atoms with Crippen LogP contribution in [0.5, 0.6) is 0 Å². The molecule has 0 radical (unpaired) electrons. The van der Waals surface area contributed by atoms with Gasteiger partial charge in [-0.2, -0.15) is 0 Å². The van der Waals surface area contributed by atoms with Gasteiger partial charge in [-0.15, -0.1) is 0 Å². The number of fused-ring (bicyclic) bond motifs is 1. The van der Waals surface area contributed by atoms with E-state index in [9.17, 15) is 14.9 Å². The second kappa shape index (κ2) is 7.67. The summed E-state index contributed by atoms with van der Waals surface area (Å²) in [5, 5.41) is 14.1. The first-order valence-corrected chi connectivity index (χ1v) is 9.35. The lowest BCUT2D eigenvalue weighted by atomic mass is 10.2. The molecule has 0 bridgehead atoms. The number of nitrogens with one attached hydrogen (secondary N) is 2. The number of carbonyl (C=O) groups excluding carboxylic acids is 1. The minimum Gasteiger partial charge on any atom is -0.379 e. The van der Waals surface area contributed by atoms with Crippen molar-refractivity contribution in [1.29, 1.82) is 0 Å². The van der Waals surface area contributed by atoms with Crippen LogP contribution in [0.1, 0.15) is 31.1 Å². The lowest BCUT2D eigenvalue weighted by Crippen LogP contribution is -2.32. The lowest BCUT2D eigenvalue weighted by molar-refractivity contribution is -0.384. The van der Waals surface area contributed by atoms with Gasteiger partial charge < -0.3 is 15.2 Å². The van der Waals surface area contributed by atoms with Gasteiger partial charge in [-0.1, -0.05) is 24.3 Å². The molecule has 1 aliphatic rings. The molecule has 8 nitrogen and oxygen atoms in total. The number of rotatable bonds is 6. The van der Waals surface area contributed by atoms with Gasteiger partial charge in [0.25, 0.3) is 5.69 Å². The molecule has 1 amide bonds. The fourth-order valence-electron chi connectivity index (χ4n) is 3.71. The molecule has 28 heavy (non-hydrogen) atoms. The van der Waals surface area contributed by atoms with Crippen LogP contribution in [-0.4, -0.2) is 38.8 Å². The number of likely N-dealkylation sites (tertiary alicyclic amines) is 1. The van der Waals surface area contributed by atoms with Crippen LogP contribution < -0.4 is 5.32 Å².